The van der Waals surface area contributed by atoms with E-state index in [2.05, 4.69) is 89.6 Å². The van der Waals surface area contributed by atoms with Crippen molar-refractivity contribution in [2.75, 3.05) is 24.3 Å². The van der Waals surface area contributed by atoms with Gasteiger partial charge in [0.15, 0.2) is 0 Å². The highest BCUT2D eigenvalue weighted by Gasteiger charge is 2.05. The molecule has 0 aliphatic carbocycles. The molecule has 0 aromatic heterocycles. The van der Waals surface area contributed by atoms with Gasteiger partial charge < -0.3 is 10.2 Å². The summed E-state index contributed by atoms with van der Waals surface area (Å²) in [5.74, 6) is 0. The van der Waals surface area contributed by atoms with Crippen molar-refractivity contribution in [3.8, 4) is 0 Å². The van der Waals surface area contributed by atoms with Gasteiger partial charge in [0, 0.05) is 25.1 Å². The number of rotatable bonds is 4. The van der Waals surface area contributed by atoms with Crippen LogP contribution in [0.1, 0.15) is 11.1 Å². The fourth-order valence-electron chi connectivity index (χ4n) is 2.06. The van der Waals surface area contributed by atoms with Gasteiger partial charge in [0.25, 0.3) is 0 Å². The number of hydrogen-bond acceptors (Lipinski definition) is 2. The smallest absolute Gasteiger partial charge is 0.0597 e. The second-order valence-electron chi connectivity index (χ2n) is 4.90. The van der Waals surface area contributed by atoms with Gasteiger partial charge in [0.05, 0.1) is 11.4 Å². The lowest BCUT2D eigenvalue weighted by Crippen LogP contribution is -2.12. The van der Waals surface area contributed by atoms with Crippen LogP contribution in [0.2, 0.25) is 0 Å². The maximum Gasteiger partial charge on any atom is 0.0597 e. The molecular weight excluding hydrogens is 300 g/mol. The van der Waals surface area contributed by atoms with Gasteiger partial charge in [-0.1, -0.05) is 45.8 Å². The van der Waals surface area contributed by atoms with Crippen LogP contribution in [0.5, 0.6) is 0 Å². The molecule has 0 saturated heterocycles. The number of anilines is 2. The summed E-state index contributed by atoms with van der Waals surface area (Å²) in [6.45, 7) is 2.95. The highest BCUT2D eigenvalue weighted by Crippen LogP contribution is 2.28. The minimum absolute atomic E-state index is 0.832. The summed E-state index contributed by atoms with van der Waals surface area (Å²) in [5, 5.41) is 3.51. The van der Waals surface area contributed by atoms with Gasteiger partial charge in [0.2, 0.25) is 0 Å². The Morgan fingerprint density at radius 1 is 1.11 bits per heavy atom. The molecule has 2 nitrogen and oxygen atoms in total. The minimum Gasteiger partial charge on any atom is -0.379 e. The average Bonchev–Trinajstić information content (AvgIpc) is 2.36. The number of benzene rings is 2. The Bertz CT molecular complexity index is 564. The monoisotopic (exact) mass is 318 g/mol. The summed E-state index contributed by atoms with van der Waals surface area (Å²) in [6.07, 6.45) is 0. The Morgan fingerprint density at radius 3 is 2.58 bits per heavy atom. The Balaban J connectivity index is 2.17. The molecule has 0 bridgehead atoms. The standard InChI is InChI=1S/C16H19BrN2/c1-12-5-4-6-13(9-12)11-18-15-10-14(17)7-8-16(15)19(2)3/h4-10,18H,11H2,1-3H3. The number of aryl methyl sites for hydroxylation is 1. The maximum absolute atomic E-state index is 3.52. The predicted octanol–water partition coefficient (Wildman–Crippen LogP) is 4.44. The number of hydrogen-bond donors (Lipinski definition) is 1. The molecule has 0 spiro atoms. The fourth-order valence-corrected chi connectivity index (χ4v) is 2.42. The van der Waals surface area contributed by atoms with E-state index >= 15 is 0 Å². The first-order valence-corrected chi connectivity index (χ1v) is 7.12. The molecule has 0 amide bonds. The molecule has 1 N–H and O–H groups in total. The van der Waals surface area contributed by atoms with E-state index in [1.54, 1.807) is 0 Å². The molecule has 0 saturated carbocycles. The van der Waals surface area contributed by atoms with Crippen molar-refractivity contribution in [1.82, 2.24) is 0 Å². The third-order valence-corrected chi connectivity index (χ3v) is 3.50. The van der Waals surface area contributed by atoms with Gasteiger partial charge in [0.1, 0.15) is 0 Å². The Morgan fingerprint density at radius 2 is 1.89 bits per heavy atom. The Labute approximate surface area is 123 Å². The lowest BCUT2D eigenvalue weighted by atomic mass is 10.1. The largest absolute Gasteiger partial charge is 0.379 e. The average molecular weight is 319 g/mol. The molecule has 0 unspecified atom stereocenters. The van der Waals surface area contributed by atoms with E-state index in [-0.39, 0.29) is 0 Å². The van der Waals surface area contributed by atoms with Crippen molar-refractivity contribution in [2.24, 2.45) is 0 Å². The molecule has 2 rings (SSSR count). The molecule has 0 aliphatic heterocycles. The summed E-state index contributed by atoms with van der Waals surface area (Å²) < 4.78 is 1.09. The van der Waals surface area contributed by atoms with Crippen molar-refractivity contribution < 1.29 is 0 Å². The lowest BCUT2D eigenvalue weighted by Gasteiger charge is -2.19. The molecule has 0 atom stereocenters. The summed E-state index contributed by atoms with van der Waals surface area (Å²) >= 11 is 3.52. The summed E-state index contributed by atoms with van der Waals surface area (Å²) in [6, 6.07) is 14.9. The third kappa shape index (κ3) is 3.74. The van der Waals surface area contributed by atoms with Crippen molar-refractivity contribution in [2.45, 2.75) is 13.5 Å². The van der Waals surface area contributed by atoms with Crippen LogP contribution in [-0.4, -0.2) is 14.1 Å². The van der Waals surface area contributed by atoms with Gasteiger partial charge in [-0.05, 0) is 30.7 Å². The predicted molar refractivity (Wildman–Crippen MR) is 87.0 cm³/mol. The van der Waals surface area contributed by atoms with Crippen molar-refractivity contribution in [3.05, 3.63) is 58.1 Å². The van der Waals surface area contributed by atoms with Crippen LogP contribution < -0.4 is 10.2 Å². The Kier molecular flexibility index (Phi) is 4.48. The summed E-state index contributed by atoms with van der Waals surface area (Å²) in [4.78, 5) is 2.12. The molecule has 0 fully saturated rings. The summed E-state index contributed by atoms with van der Waals surface area (Å²) in [5.41, 5.74) is 4.92. The van der Waals surface area contributed by atoms with Crippen LogP contribution in [0.3, 0.4) is 0 Å². The van der Waals surface area contributed by atoms with Gasteiger partial charge in [-0.2, -0.15) is 0 Å². The lowest BCUT2D eigenvalue weighted by molar-refractivity contribution is 1.10. The van der Waals surface area contributed by atoms with Gasteiger partial charge >= 0.3 is 0 Å². The molecule has 3 heteroatoms. The molecule has 100 valence electrons. The van der Waals surface area contributed by atoms with E-state index in [0.29, 0.717) is 0 Å². The maximum atomic E-state index is 3.52. The molecule has 0 radical (unpaired) electrons. The van der Waals surface area contributed by atoms with Gasteiger partial charge in [-0.15, -0.1) is 0 Å². The first-order valence-electron chi connectivity index (χ1n) is 6.32. The topological polar surface area (TPSA) is 15.3 Å². The molecule has 2 aromatic rings. The quantitative estimate of drug-likeness (QED) is 0.896. The molecule has 0 heterocycles. The van der Waals surface area contributed by atoms with E-state index in [4.69, 9.17) is 0 Å². The number of nitrogens with zero attached hydrogens (tertiary/aromatic N) is 1. The highest BCUT2D eigenvalue weighted by molar-refractivity contribution is 9.10. The molecule has 2 aromatic carbocycles. The first-order chi connectivity index (χ1) is 9.06. The Hall–Kier alpha value is -1.48. The zero-order chi connectivity index (χ0) is 13.8. The van der Waals surface area contributed by atoms with Crippen LogP contribution in [0, 0.1) is 6.92 Å². The van der Waals surface area contributed by atoms with Crippen molar-refractivity contribution >= 4 is 27.3 Å². The van der Waals surface area contributed by atoms with Gasteiger partial charge in [-0.25, -0.2) is 0 Å². The van der Waals surface area contributed by atoms with Crippen molar-refractivity contribution in [3.63, 3.8) is 0 Å². The van der Waals surface area contributed by atoms with Crippen LogP contribution in [0.4, 0.5) is 11.4 Å². The van der Waals surface area contributed by atoms with E-state index in [1.165, 1.54) is 16.8 Å². The second kappa shape index (κ2) is 6.11. The number of halogens is 1. The van der Waals surface area contributed by atoms with E-state index in [9.17, 15) is 0 Å². The third-order valence-electron chi connectivity index (χ3n) is 3.01. The van der Waals surface area contributed by atoms with Crippen LogP contribution in [0.15, 0.2) is 46.9 Å². The normalized spacial score (nSPS) is 10.3. The zero-order valence-electron chi connectivity index (χ0n) is 11.6. The van der Waals surface area contributed by atoms with Crippen molar-refractivity contribution in [1.29, 1.82) is 0 Å². The zero-order valence-corrected chi connectivity index (χ0v) is 13.2. The molecular formula is C16H19BrN2. The molecule has 19 heavy (non-hydrogen) atoms. The van der Waals surface area contributed by atoms with Crippen LogP contribution >= 0.6 is 15.9 Å². The second-order valence-corrected chi connectivity index (χ2v) is 5.81. The van der Waals surface area contributed by atoms with E-state index in [0.717, 1.165) is 16.7 Å². The minimum atomic E-state index is 0.832. The van der Waals surface area contributed by atoms with E-state index in [1.807, 2.05) is 0 Å². The fraction of sp³-hybridized carbons (Fsp3) is 0.250. The summed E-state index contributed by atoms with van der Waals surface area (Å²) in [7, 11) is 4.11. The van der Waals surface area contributed by atoms with Crippen LogP contribution in [-0.2, 0) is 6.54 Å². The molecule has 0 aliphatic rings. The van der Waals surface area contributed by atoms with Crippen LogP contribution in [0.25, 0.3) is 0 Å². The van der Waals surface area contributed by atoms with Gasteiger partial charge in [-0.3, -0.25) is 0 Å². The highest BCUT2D eigenvalue weighted by atomic mass is 79.9. The van der Waals surface area contributed by atoms with E-state index < -0.39 is 0 Å². The SMILES string of the molecule is Cc1cccc(CNc2cc(Br)ccc2N(C)C)c1. The first kappa shape index (κ1) is 13.9. The number of nitrogens with one attached hydrogen (secondary N) is 1.